The molecule has 0 saturated heterocycles. The van der Waals surface area contributed by atoms with Crippen molar-refractivity contribution >= 4 is 11.8 Å². The van der Waals surface area contributed by atoms with Crippen LogP contribution in [0.3, 0.4) is 0 Å². The number of aryl methyl sites for hydroxylation is 2. The van der Waals surface area contributed by atoms with E-state index in [-0.39, 0.29) is 17.6 Å². The molecule has 0 aliphatic heterocycles. The van der Waals surface area contributed by atoms with Crippen LogP contribution in [0.2, 0.25) is 0 Å². The molecule has 1 unspecified atom stereocenters. The molecular formula is C14H26N4O2. The number of carbonyl (C=O) groups excluding carboxylic acids is 1. The maximum absolute atomic E-state index is 11.9. The van der Waals surface area contributed by atoms with E-state index in [4.69, 9.17) is 0 Å². The van der Waals surface area contributed by atoms with Crippen molar-refractivity contribution in [2.45, 2.75) is 46.6 Å². The van der Waals surface area contributed by atoms with Crippen LogP contribution in [-0.2, 0) is 13.5 Å². The van der Waals surface area contributed by atoms with Crippen LogP contribution < -0.4 is 10.6 Å². The van der Waals surface area contributed by atoms with Gasteiger partial charge in [0.2, 0.25) is 0 Å². The number of aliphatic hydroxyl groups is 1. The Kier molecular flexibility index (Phi) is 5.56. The van der Waals surface area contributed by atoms with Crippen molar-refractivity contribution in [2.24, 2.45) is 12.5 Å². The summed E-state index contributed by atoms with van der Waals surface area (Å²) in [4.78, 5) is 11.9. The molecule has 0 aromatic carbocycles. The number of carbonyl (C=O) groups is 1. The fourth-order valence-corrected chi connectivity index (χ4v) is 2.17. The first-order valence-corrected chi connectivity index (χ1v) is 6.99. The lowest BCUT2D eigenvalue weighted by molar-refractivity contribution is 0.129. The zero-order chi connectivity index (χ0) is 15.3. The third-order valence-electron chi connectivity index (χ3n) is 3.11. The maximum Gasteiger partial charge on any atom is 0.320 e. The second-order valence-electron chi connectivity index (χ2n) is 6.02. The molecule has 2 amide bonds. The highest BCUT2D eigenvalue weighted by molar-refractivity contribution is 5.88. The zero-order valence-corrected chi connectivity index (χ0v) is 13.0. The number of hydrogen-bond donors (Lipinski definition) is 3. The van der Waals surface area contributed by atoms with Crippen LogP contribution >= 0.6 is 0 Å². The van der Waals surface area contributed by atoms with Crippen molar-refractivity contribution in [1.82, 2.24) is 15.1 Å². The first-order valence-electron chi connectivity index (χ1n) is 6.99. The lowest BCUT2D eigenvalue weighted by Gasteiger charge is -2.26. The molecule has 1 aromatic rings. The number of nitrogens with one attached hydrogen (secondary N) is 2. The fourth-order valence-electron chi connectivity index (χ4n) is 2.17. The molecule has 0 bridgehead atoms. The number of anilines is 1. The van der Waals surface area contributed by atoms with Crippen LogP contribution in [0.25, 0.3) is 0 Å². The lowest BCUT2D eigenvalue weighted by Crippen LogP contribution is -2.38. The van der Waals surface area contributed by atoms with Gasteiger partial charge in [-0.25, -0.2) is 4.79 Å². The highest BCUT2D eigenvalue weighted by Crippen LogP contribution is 2.21. The Hall–Kier alpha value is -1.56. The number of urea groups is 1. The number of hydrogen-bond acceptors (Lipinski definition) is 3. The molecule has 1 heterocycles. The van der Waals surface area contributed by atoms with Gasteiger partial charge in [0.25, 0.3) is 0 Å². The summed E-state index contributed by atoms with van der Waals surface area (Å²) in [5.74, 6) is 0.674. The summed E-state index contributed by atoms with van der Waals surface area (Å²) in [6.45, 7) is 8.30. The standard InChI is InChI=1S/C14H26N4O2/c1-6-11-7-12(18(5)17-11)16-13(20)15-9-14(3,4)8-10(2)19/h7,10,19H,6,8-9H2,1-5H3,(H2,15,16,20). The Morgan fingerprint density at radius 2 is 2.20 bits per heavy atom. The fraction of sp³-hybridized carbons (Fsp3) is 0.714. The van der Waals surface area contributed by atoms with E-state index in [9.17, 15) is 9.90 Å². The maximum atomic E-state index is 11.9. The Bertz CT molecular complexity index is 452. The van der Waals surface area contributed by atoms with Gasteiger partial charge in [0, 0.05) is 19.7 Å². The third-order valence-corrected chi connectivity index (χ3v) is 3.11. The second-order valence-corrected chi connectivity index (χ2v) is 6.02. The van der Waals surface area contributed by atoms with E-state index in [1.807, 2.05) is 26.8 Å². The molecule has 1 atom stereocenters. The van der Waals surface area contributed by atoms with Crippen molar-refractivity contribution in [1.29, 1.82) is 0 Å². The van der Waals surface area contributed by atoms with E-state index in [1.165, 1.54) is 0 Å². The molecule has 114 valence electrons. The van der Waals surface area contributed by atoms with Crippen LogP contribution in [0.5, 0.6) is 0 Å². The zero-order valence-electron chi connectivity index (χ0n) is 13.0. The van der Waals surface area contributed by atoms with Crippen molar-refractivity contribution in [3.8, 4) is 0 Å². The van der Waals surface area contributed by atoms with Crippen LogP contribution in [0.1, 0.15) is 39.8 Å². The smallest absolute Gasteiger partial charge is 0.320 e. The Morgan fingerprint density at radius 3 is 2.70 bits per heavy atom. The first kappa shape index (κ1) is 16.5. The molecule has 3 N–H and O–H groups in total. The van der Waals surface area contributed by atoms with Gasteiger partial charge in [0.05, 0.1) is 11.8 Å². The Morgan fingerprint density at radius 1 is 1.55 bits per heavy atom. The number of aromatic nitrogens is 2. The summed E-state index contributed by atoms with van der Waals surface area (Å²) in [6.07, 6.45) is 1.09. The SMILES string of the molecule is CCc1cc(NC(=O)NCC(C)(C)CC(C)O)n(C)n1. The molecule has 1 aromatic heterocycles. The largest absolute Gasteiger partial charge is 0.393 e. The molecule has 0 fully saturated rings. The molecule has 0 radical (unpaired) electrons. The van der Waals surface area contributed by atoms with E-state index < -0.39 is 0 Å². The molecule has 20 heavy (non-hydrogen) atoms. The van der Waals surface area contributed by atoms with Gasteiger partial charge in [0.15, 0.2) is 0 Å². The van der Waals surface area contributed by atoms with E-state index in [1.54, 1.807) is 18.7 Å². The molecule has 0 aliphatic carbocycles. The van der Waals surface area contributed by atoms with Crippen LogP contribution in [-0.4, -0.2) is 33.6 Å². The Labute approximate surface area is 120 Å². The highest BCUT2D eigenvalue weighted by Gasteiger charge is 2.21. The van der Waals surface area contributed by atoms with Gasteiger partial charge < -0.3 is 10.4 Å². The third kappa shape index (κ3) is 5.21. The minimum atomic E-state index is -0.376. The quantitative estimate of drug-likeness (QED) is 0.745. The van der Waals surface area contributed by atoms with Gasteiger partial charge in [-0.15, -0.1) is 0 Å². The van der Waals surface area contributed by atoms with Crippen molar-refractivity contribution in [3.63, 3.8) is 0 Å². The van der Waals surface area contributed by atoms with E-state index in [0.717, 1.165) is 12.1 Å². The summed E-state index contributed by atoms with van der Waals surface area (Å²) >= 11 is 0. The predicted octanol–water partition coefficient (Wildman–Crippen LogP) is 1.90. The molecule has 0 saturated carbocycles. The first-order chi connectivity index (χ1) is 9.23. The lowest BCUT2D eigenvalue weighted by atomic mass is 9.87. The monoisotopic (exact) mass is 282 g/mol. The number of amides is 2. The average Bonchev–Trinajstić information content (AvgIpc) is 2.66. The van der Waals surface area contributed by atoms with Gasteiger partial charge >= 0.3 is 6.03 Å². The summed E-state index contributed by atoms with van der Waals surface area (Å²) in [6, 6.07) is 1.61. The van der Waals surface area contributed by atoms with Gasteiger partial charge in [-0.2, -0.15) is 5.10 Å². The molecule has 6 heteroatoms. The summed E-state index contributed by atoms with van der Waals surface area (Å²) in [5, 5.41) is 19.3. The second kappa shape index (κ2) is 6.74. The van der Waals surface area contributed by atoms with Crippen molar-refractivity contribution in [2.75, 3.05) is 11.9 Å². The van der Waals surface area contributed by atoms with E-state index >= 15 is 0 Å². The number of rotatable bonds is 6. The van der Waals surface area contributed by atoms with Crippen molar-refractivity contribution in [3.05, 3.63) is 11.8 Å². The molecule has 0 aliphatic rings. The number of aliphatic hydroxyl groups excluding tert-OH is 1. The molecular weight excluding hydrogens is 256 g/mol. The predicted molar refractivity (Wildman–Crippen MR) is 79.7 cm³/mol. The summed E-state index contributed by atoms with van der Waals surface area (Å²) in [7, 11) is 1.80. The minimum absolute atomic E-state index is 0.146. The molecule has 6 nitrogen and oxygen atoms in total. The van der Waals surface area contributed by atoms with E-state index in [2.05, 4.69) is 15.7 Å². The highest BCUT2D eigenvalue weighted by atomic mass is 16.3. The number of nitrogens with zero attached hydrogens (tertiary/aromatic N) is 2. The van der Waals surface area contributed by atoms with Gasteiger partial charge in [-0.05, 0) is 25.2 Å². The summed E-state index contributed by atoms with van der Waals surface area (Å²) in [5.41, 5.74) is 0.796. The summed E-state index contributed by atoms with van der Waals surface area (Å²) < 4.78 is 1.65. The van der Waals surface area contributed by atoms with Crippen LogP contribution in [0.4, 0.5) is 10.6 Å². The van der Waals surface area contributed by atoms with Crippen LogP contribution in [0.15, 0.2) is 6.07 Å². The van der Waals surface area contributed by atoms with Gasteiger partial charge in [-0.1, -0.05) is 20.8 Å². The minimum Gasteiger partial charge on any atom is -0.393 e. The van der Waals surface area contributed by atoms with Gasteiger partial charge in [0.1, 0.15) is 5.82 Å². The Balaban J connectivity index is 2.49. The van der Waals surface area contributed by atoms with E-state index in [0.29, 0.717) is 18.8 Å². The average molecular weight is 282 g/mol. The van der Waals surface area contributed by atoms with Crippen molar-refractivity contribution < 1.29 is 9.90 Å². The normalized spacial score (nSPS) is 13.1. The molecule has 1 rings (SSSR count). The topological polar surface area (TPSA) is 79.2 Å². The molecule has 0 spiro atoms. The van der Waals surface area contributed by atoms with Gasteiger partial charge in [-0.3, -0.25) is 10.00 Å². The van der Waals surface area contributed by atoms with Crippen LogP contribution in [0, 0.1) is 5.41 Å².